The van der Waals surface area contributed by atoms with Crippen LogP contribution in [-0.4, -0.2) is 59.4 Å². The minimum Gasteiger partial charge on any atom is -0.381 e. The Labute approximate surface area is 199 Å². The van der Waals surface area contributed by atoms with E-state index in [0.717, 1.165) is 17.8 Å². The molecular formula is C24H25F4N5O2. The number of piperazine rings is 1. The van der Waals surface area contributed by atoms with E-state index in [1.165, 1.54) is 18.2 Å². The molecule has 4 heterocycles. The quantitative estimate of drug-likeness (QED) is 0.499. The molecule has 0 spiro atoms. The van der Waals surface area contributed by atoms with Crippen molar-refractivity contribution in [3.05, 3.63) is 71.3 Å². The van der Waals surface area contributed by atoms with E-state index < -0.39 is 17.2 Å². The van der Waals surface area contributed by atoms with E-state index in [4.69, 9.17) is 14.2 Å². The average molecular weight is 491 g/mol. The molecule has 0 radical (unpaired) electrons. The molecule has 3 aromatic rings. The van der Waals surface area contributed by atoms with E-state index in [2.05, 4.69) is 15.0 Å². The maximum absolute atomic E-state index is 13.5. The lowest BCUT2D eigenvalue weighted by atomic mass is 9.73. The summed E-state index contributed by atoms with van der Waals surface area (Å²) in [6.07, 6.45) is -2.17. The standard InChI is InChI=1S/C24H25F4N5O2/c25-19-4-1-17(2-5-19)23(7-13-34-14-8-23)22-30-21(35-31-22)16-32-9-11-33(12-10-32)20-6-3-18(15-29-20)24(26,27)28/h1-6,15H,7-14,16H2. The monoisotopic (exact) mass is 491 g/mol. The van der Waals surface area contributed by atoms with Crippen molar-refractivity contribution in [3.63, 3.8) is 0 Å². The van der Waals surface area contributed by atoms with Crippen LogP contribution in [0.2, 0.25) is 0 Å². The molecule has 2 fully saturated rings. The zero-order valence-corrected chi connectivity index (χ0v) is 19.0. The molecule has 186 valence electrons. The second-order valence-electron chi connectivity index (χ2n) is 8.88. The lowest BCUT2D eigenvalue weighted by Gasteiger charge is -2.35. The normalized spacial score (nSPS) is 19.1. The Morgan fingerprint density at radius 1 is 0.943 bits per heavy atom. The molecule has 0 bridgehead atoms. The van der Waals surface area contributed by atoms with Gasteiger partial charge >= 0.3 is 6.18 Å². The summed E-state index contributed by atoms with van der Waals surface area (Å²) in [7, 11) is 0. The lowest BCUT2D eigenvalue weighted by molar-refractivity contribution is -0.137. The molecule has 35 heavy (non-hydrogen) atoms. The Balaban J connectivity index is 1.23. The molecule has 0 N–H and O–H groups in total. The van der Waals surface area contributed by atoms with Gasteiger partial charge in [-0.25, -0.2) is 9.37 Å². The number of hydrogen-bond acceptors (Lipinski definition) is 7. The second kappa shape index (κ2) is 9.54. The van der Waals surface area contributed by atoms with Gasteiger partial charge in [-0.15, -0.1) is 0 Å². The van der Waals surface area contributed by atoms with Crippen molar-refractivity contribution in [1.82, 2.24) is 20.0 Å². The third-order valence-corrected chi connectivity index (χ3v) is 6.77. The van der Waals surface area contributed by atoms with Gasteiger partial charge in [-0.05, 0) is 42.7 Å². The van der Waals surface area contributed by atoms with Crippen molar-refractivity contribution in [2.75, 3.05) is 44.3 Å². The SMILES string of the molecule is Fc1ccc(C2(c3noc(CN4CCN(c5ccc(C(F)(F)F)cn5)CC4)n3)CCOCC2)cc1. The van der Waals surface area contributed by atoms with Gasteiger partial charge in [-0.3, -0.25) is 4.90 Å². The predicted molar refractivity (Wildman–Crippen MR) is 118 cm³/mol. The van der Waals surface area contributed by atoms with E-state index in [9.17, 15) is 17.6 Å². The topological polar surface area (TPSA) is 67.5 Å². The van der Waals surface area contributed by atoms with Crippen LogP contribution in [-0.2, 0) is 22.9 Å². The third-order valence-electron chi connectivity index (χ3n) is 6.77. The third kappa shape index (κ3) is 5.01. The zero-order valence-electron chi connectivity index (χ0n) is 19.0. The molecule has 11 heteroatoms. The van der Waals surface area contributed by atoms with Crippen LogP contribution in [0.1, 0.15) is 35.7 Å². The number of alkyl halides is 3. The number of aromatic nitrogens is 3. The van der Waals surface area contributed by atoms with Gasteiger partial charge in [0.05, 0.1) is 17.5 Å². The molecule has 1 aromatic carbocycles. The smallest absolute Gasteiger partial charge is 0.381 e. The summed E-state index contributed by atoms with van der Waals surface area (Å²) < 4.78 is 63.0. The van der Waals surface area contributed by atoms with Gasteiger partial charge in [0, 0.05) is 45.6 Å². The average Bonchev–Trinajstić information content (AvgIpc) is 3.34. The molecule has 2 aromatic heterocycles. The zero-order chi connectivity index (χ0) is 24.5. The molecule has 0 aliphatic carbocycles. The first kappa shape index (κ1) is 23.7. The van der Waals surface area contributed by atoms with E-state index in [1.54, 1.807) is 12.1 Å². The summed E-state index contributed by atoms with van der Waals surface area (Å²) in [5, 5.41) is 4.29. The minimum atomic E-state index is -4.40. The molecular weight excluding hydrogens is 466 g/mol. The van der Waals surface area contributed by atoms with Crippen LogP contribution in [0.4, 0.5) is 23.4 Å². The highest BCUT2D eigenvalue weighted by Gasteiger charge is 2.41. The molecule has 0 saturated carbocycles. The Hall–Kier alpha value is -3.05. The van der Waals surface area contributed by atoms with Gasteiger partial charge in [0.15, 0.2) is 5.82 Å². The number of pyridine rings is 1. The molecule has 7 nitrogen and oxygen atoms in total. The van der Waals surface area contributed by atoms with Crippen LogP contribution in [0, 0.1) is 5.82 Å². The van der Waals surface area contributed by atoms with E-state index >= 15 is 0 Å². The Morgan fingerprint density at radius 2 is 1.66 bits per heavy atom. The maximum atomic E-state index is 13.5. The first-order valence-electron chi connectivity index (χ1n) is 11.5. The largest absolute Gasteiger partial charge is 0.417 e. The van der Waals surface area contributed by atoms with Gasteiger partial charge in [-0.1, -0.05) is 17.3 Å². The van der Waals surface area contributed by atoms with Gasteiger partial charge in [-0.2, -0.15) is 18.2 Å². The molecule has 5 rings (SSSR count). The lowest BCUT2D eigenvalue weighted by Crippen LogP contribution is -2.46. The Morgan fingerprint density at radius 3 is 2.29 bits per heavy atom. The number of hydrogen-bond donors (Lipinski definition) is 0. The van der Waals surface area contributed by atoms with Gasteiger partial charge in [0.25, 0.3) is 0 Å². The van der Waals surface area contributed by atoms with Crippen molar-refractivity contribution in [2.24, 2.45) is 0 Å². The molecule has 2 saturated heterocycles. The van der Waals surface area contributed by atoms with E-state index in [-0.39, 0.29) is 5.82 Å². The number of ether oxygens (including phenoxy) is 1. The fourth-order valence-corrected chi connectivity index (χ4v) is 4.71. The Kier molecular flexibility index (Phi) is 6.45. The van der Waals surface area contributed by atoms with Crippen LogP contribution in [0.15, 0.2) is 47.1 Å². The molecule has 2 aliphatic rings. The second-order valence-corrected chi connectivity index (χ2v) is 8.88. The predicted octanol–water partition coefficient (Wildman–Crippen LogP) is 4.04. The minimum absolute atomic E-state index is 0.296. The highest BCUT2D eigenvalue weighted by atomic mass is 19.4. The van der Waals surface area contributed by atoms with Crippen LogP contribution >= 0.6 is 0 Å². The first-order valence-corrected chi connectivity index (χ1v) is 11.5. The molecule has 0 atom stereocenters. The van der Waals surface area contributed by atoms with Crippen molar-refractivity contribution in [3.8, 4) is 0 Å². The van der Waals surface area contributed by atoms with Gasteiger partial charge < -0.3 is 14.2 Å². The number of nitrogens with zero attached hydrogens (tertiary/aromatic N) is 5. The van der Waals surface area contributed by atoms with E-state index in [1.807, 2.05) is 4.90 Å². The highest BCUT2D eigenvalue weighted by molar-refractivity contribution is 5.40. The number of halogens is 4. The summed E-state index contributed by atoms with van der Waals surface area (Å²) in [4.78, 5) is 12.8. The number of anilines is 1. The summed E-state index contributed by atoms with van der Waals surface area (Å²) in [6.45, 7) is 4.18. The summed E-state index contributed by atoms with van der Waals surface area (Å²) in [5.74, 6) is 1.30. The van der Waals surface area contributed by atoms with Crippen LogP contribution in [0.3, 0.4) is 0 Å². The van der Waals surface area contributed by atoms with Crippen molar-refractivity contribution in [2.45, 2.75) is 31.0 Å². The van der Waals surface area contributed by atoms with Gasteiger partial charge in [0.2, 0.25) is 5.89 Å². The van der Waals surface area contributed by atoms with E-state index in [0.29, 0.717) is 76.3 Å². The summed E-state index contributed by atoms with van der Waals surface area (Å²) in [5.41, 5.74) is -0.303. The van der Waals surface area contributed by atoms with Crippen molar-refractivity contribution >= 4 is 5.82 Å². The van der Waals surface area contributed by atoms with Crippen LogP contribution in [0.5, 0.6) is 0 Å². The maximum Gasteiger partial charge on any atom is 0.417 e. The molecule has 0 amide bonds. The Bertz CT molecular complexity index is 1120. The first-order chi connectivity index (χ1) is 16.8. The molecule has 0 unspecified atom stereocenters. The summed E-state index contributed by atoms with van der Waals surface area (Å²) in [6, 6.07) is 8.89. The fraction of sp³-hybridized carbons (Fsp3) is 0.458. The molecule has 2 aliphatic heterocycles. The van der Waals surface area contributed by atoms with Crippen LogP contribution in [0.25, 0.3) is 0 Å². The summed E-state index contributed by atoms with van der Waals surface area (Å²) >= 11 is 0. The highest BCUT2D eigenvalue weighted by Crippen LogP contribution is 2.40. The van der Waals surface area contributed by atoms with Crippen LogP contribution < -0.4 is 4.90 Å². The van der Waals surface area contributed by atoms with Crippen molar-refractivity contribution in [1.29, 1.82) is 0 Å². The number of rotatable bonds is 5. The fourth-order valence-electron chi connectivity index (χ4n) is 4.71. The van der Waals surface area contributed by atoms with Gasteiger partial charge in [0.1, 0.15) is 11.6 Å². The number of benzene rings is 1. The van der Waals surface area contributed by atoms with Crippen molar-refractivity contribution < 1.29 is 26.8 Å².